The number of benzene rings is 2. The minimum absolute atomic E-state index is 0.0359. The van der Waals surface area contributed by atoms with Crippen LogP contribution in [0.4, 0.5) is 18.9 Å². The van der Waals surface area contributed by atoms with E-state index in [1.807, 2.05) is 0 Å². The van der Waals surface area contributed by atoms with Gasteiger partial charge in [0, 0.05) is 17.3 Å². The summed E-state index contributed by atoms with van der Waals surface area (Å²) in [6.07, 6.45) is -1.99. The highest BCUT2D eigenvalue weighted by atomic mass is 35.5. The summed E-state index contributed by atoms with van der Waals surface area (Å²) in [4.78, 5) is 23.1. The molecule has 0 fully saturated rings. The van der Waals surface area contributed by atoms with E-state index < -0.39 is 23.6 Å². The number of alkyl halides is 3. The Balaban J connectivity index is 1.71. The van der Waals surface area contributed by atoms with Gasteiger partial charge in [-0.05, 0) is 48.5 Å². The second-order valence-corrected chi connectivity index (χ2v) is 6.51. The molecule has 0 saturated carbocycles. The van der Waals surface area contributed by atoms with E-state index in [2.05, 4.69) is 5.32 Å². The molecule has 0 aliphatic rings. The van der Waals surface area contributed by atoms with Crippen LogP contribution in [0.1, 0.15) is 21.7 Å². The van der Waals surface area contributed by atoms with Crippen molar-refractivity contribution in [3.8, 4) is 11.3 Å². The fourth-order valence-corrected chi connectivity index (χ4v) is 2.75. The van der Waals surface area contributed by atoms with E-state index in [4.69, 9.17) is 21.1 Å². The zero-order valence-corrected chi connectivity index (χ0v) is 15.8. The van der Waals surface area contributed by atoms with E-state index in [0.29, 0.717) is 0 Å². The molecule has 2 aromatic carbocycles. The zero-order chi connectivity index (χ0) is 21.9. The lowest BCUT2D eigenvalue weighted by atomic mass is 10.1. The number of rotatable bonds is 5. The van der Waals surface area contributed by atoms with E-state index in [9.17, 15) is 22.8 Å². The van der Waals surface area contributed by atoms with Crippen LogP contribution in [-0.2, 0) is 11.0 Å². The summed E-state index contributed by atoms with van der Waals surface area (Å²) in [5.41, 5.74) is -0.474. The van der Waals surface area contributed by atoms with Gasteiger partial charge in [-0.15, -0.1) is 0 Å². The third-order valence-electron chi connectivity index (χ3n) is 3.96. The molecule has 2 N–H and O–H groups in total. The van der Waals surface area contributed by atoms with Crippen LogP contribution in [0.3, 0.4) is 0 Å². The number of carbonyl (C=O) groups excluding carboxylic acids is 1. The maximum Gasteiger partial charge on any atom is 0.416 e. The normalized spacial score (nSPS) is 11.6. The van der Waals surface area contributed by atoms with Crippen molar-refractivity contribution in [1.29, 1.82) is 0 Å². The molecule has 1 amide bonds. The minimum Gasteiger partial charge on any atom is -0.478 e. The molecule has 0 unspecified atom stereocenters. The topological polar surface area (TPSA) is 79.5 Å². The number of carboxylic acid groups (broad SMARTS) is 1. The molecule has 3 rings (SSSR count). The number of hydrogen-bond donors (Lipinski definition) is 2. The van der Waals surface area contributed by atoms with Crippen molar-refractivity contribution in [2.24, 2.45) is 0 Å². The molecular weight excluding hydrogens is 423 g/mol. The molecule has 0 atom stereocenters. The van der Waals surface area contributed by atoms with Gasteiger partial charge in [0.05, 0.1) is 16.1 Å². The zero-order valence-electron chi connectivity index (χ0n) is 15.0. The molecule has 30 heavy (non-hydrogen) atoms. The Kier molecular flexibility index (Phi) is 5.98. The first-order valence-corrected chi connectivity index (χ1v) is 8.80. The first kappa shape index (κ1) is 21.2. The number of amides is 1. The van der Waals surface area contributed by atoms with E-state index in [1.165, 1.54) is 48.5 Å². The quantitative estimate of drug-likeness (QED) is 0.484. The fraction of sp³-hybridized carbons (Fsp3) is 0.0476. The van der Waals surface area contributed by atoms with E-state index in [1.54, 1.807) is 0 Å². The van der Waals surface area contributed by atoms with E-state index in [-0.39, 0.29) is 33.4 Å². The maximum absolute atomic E-state index is 12.8. The van der Waals surface area contributed by atoms with Gasteiger partial charge in [0.25, 0.3) is 0 Å². The third-order valence-corrected chi connectivity index (χ3v) is 4.29. The summed E-state index contributed by atoms with van der Waals surface area (Å²) in [6.45, 7) is 0. The summed E-state index contributed by atoms with van der Waals surface area (Å²) >= 11 is 5.77. The van der Waals surface area contributed by atoms with Crippen molar-refractivity contribution in [2.45, 2.75) is 6.18 Å². The predicted octanol–water partition coefficient (Wildman–Crippen LogP) is 5.97. The van der Waals surface area contributed by atoms with Gasteiger partial charge in [-0.25, -0.2) is 4.79 Å². The highest BCUT2D eigenvalue weighted by Gasteiger charge is 2.30. The number of halogens is 4. The summed E-state index contributed by atoms with van der Waals surface area (Å²) < 4.78 is 44.0. The van der Waals surface area contributed by atoms with Gasteiger partial charge < -0.3 is 14.8 Å². The van der Waals surface area contributed by atoms with E-state index in [0.717, 1.165) is 18.2 Å². The fourth-order valence-electron chi connectivity index (χ4n) is 2.56. The van der Waals surface area contributed by atoms with E-state index >= 15 is 0 Å². The Labute approximate surface area is 173 Å². The lowest BCUT2D eigenvalue weighted by Crippen LogP contribution is -2.09. The van der Waals surface area contributed by atoms with Crippen molar-refractivity contribution < 1.29 is 32.3 Å². The molecule has 0 spiro atoms. The number of hydrogen-bond acceptors (Lipinski definition) is 3. The summed E-state index contributed by atoms with van der Waals surface area (Å²) in [5, 5.41) is 11.6. The molecule has 0 radical (unpaired) electrons. The molecular formula is C21H13ClF3NO4. The van der Waals surface area contributed by atoms with Crippen molar-refractivity contribution in [3.63, 3.8) is 0 Å². The average Bonchev–Trinajstić information content (AvgIpc) is 3.16. The highest BCUT2D eigenvalue weighted by Crippen LogP contribution is 2.32. The average molecular weight is 436 g/mol. The van der Waals surface area contributed by atoms with Gasteiger partial charge >= 0.3 is 12.1 Å². The van der Waals surface area contributed by atoms with Gasteiger partial charge in [0.15, 0.2) is 0 Å². The summed E-state index contributed by atoms with van der Waals surface area (Å²) in [6, 6.07) is 11.7. The summed E-state index contributed by atoms with van der Waals surface area (Å²) in [7, 11) is 0. The van der Waals surface area contributed by atoms with Crippen molar-refractivity contribution in [3.05, 3.63) is 82.6 Å². The molecule has 0 aliphatic heterocycles. The van der Waals surface area contributed by atoms with Crippen molar-refractivity contribution >= 4 is 35.2 Å². The Morgan fingerprint density at radius 3 is 2.53 bits per heavy atom. The lowest BCUT2D eigenvalue weighted by molar-refractivity contribution is -0.137. The van der Waals surface area contributed by atoms with Crippen LogP contribution < -0.4 is 5.32 Å². The van der Waals surface area contributed by atoms with Crippen LogP contribution >= 0.6 is 11.6 Å². The Morgan fingerprint density at radius 1 is 1.07 bits per heavy atom. The maximum atomic E-state index is 12.8. The number of carboxylic acids is 1. The summed E-state index contributed by atoms with van der Waals surface area (Å²) in [5.74, 6) is -1.33. The van der Waals surface area contributed by atoms with Crippen molar-refractivity contribution in [1.82, 2.24) is 0 Å². The minimum atomic E-state index is -4.47. The lowest BCUT2D eigenvalue weighted by Gasteiger charge is -2.07. The first-order chi connectivity index (χ1) is 14.1. The van der Waals surface area contributed by atoms with Gasteiger partial charge in [-0.2, -0.15) is 13.2 Å². The molecule has 0 aliphatic carbocycles. The van der Waals surface area contributed by atoms with Crippen LogP contribution in [0.5, 0.6) is 0 Å². The molecule has 9 heteroatoms. The van der Waals surface area contributed by atoms with Crippen LogP contribution in [-0.4, -0.2) is 17.0 Å². The highest BCUT2D eigenvalue weighted by molar-refractivity contribution is 6.33. The molecule has 5 nitrogen and oxygen atoms in total. The Bertz CT molecular complexity index is 1140. The largest absolute Gasteiger partial charge is 0.478 e. The number of aromatic carboxylic acids is 1. The molecule has 3 aromatic rings. The van der Waals surface area contributed by atoms with Gasteiger partial charge in [-0.1, -0.05) is 23.7 Å². The van der Waals surface area contributed by atoms with Crippen LogP contribution in [0.15, 0.2) is 65.1 Å². The SMILES string of the molecule is O=C(/C=C/c1ccc(-c2cccc(C(F)(F)F)c2)o1)Nc1ccc(Cl)c(C(=O)O)c1. The molecule has 0 saturated heterocycles. The Hall–Kier alpha value is -3.52. The third kappa shape index (κ3) is 5.09. The molecule has 0 bridgehead atoms. The predicted molar refractivity (Wildman–Crippen MR) is 105 cm³/mol. The van der Waals surface area contributed by atoms with Gasteiger partial charge in [0.1, 0.15) is 11.5 Å². The molecule has 1 heterocycles. The van der Waals surface area contributed by atoms with Crippen LogP contribution in [0.2, 0.25) is 5.02 Å². The van der Waals surface area contributed by atoms with Crippen LogP contribution in [0, 0.1) is 0 Å². The first-order valence-electron chi connectivity index (χ1n) is 8.43. The second kappa shape index (κ2) is 8.46. The smallest absolute Gasteiger partial charge is 0.416 e. The van der Waals surface area contributed by atoms with Crippen molar-refractivity contribution in [2.75, 3.05) is 5.32 Å². The number of carbonyl (C=O) groups is 2. The van der Waals surface area contributed by atoms with Gasteiger partial charge in [-0.3, -0.25) is 4.79 Å². The number of anilines is 1. The second-order valence-electron chi connectivity index (χ2n) is 6.10. The molecule has 1 aromatic heterocycles. The number of furan rings is 1. The Morgan fingerprint density at radius 2 is 1.83 bits per heavy atom. The van der Waals surface area contributed by atoms with Gasteiger partial charge in [0.2, 0.25) is 5.91 Å². The molecule has 154 valence electrons. The monoisotopic (exact) mass is 435 g/mol. The van der Waals surface area contributed by atoms with Crippen LogP contribution in [0.25, 0.3) is 17.4 Å². The standard InChI is InChI=1S/C21H13ClF3NO4/c22-17-7-4-14(11-16(17)20(28)29)26-19(27)9-6-15-5-8-18(30-15)12-2-1-3-13(10-12)21(23,24)25/h1-11H,(H,26,27)(H,28,29)/b9-6+. The number of nitrogens with one attached hydrogen (secondary N) is 1.